The first-order valence-electron chi connectivity index (χ1n) is 9.87. The molecule has 0 aliphatic carbocycles. The van der Waals surface area contributed by atoms with Crippen LogP contribution in [0.5, 0.6) is 0 Å². The third-order valence-electron chi connectivity index (χ3n) is 4.99. The van der Waals surface area contributed by atoms with E-state index in [2.05, 4.69) is 0 Å². The Morgan fingerprint density at radius 3 is 1.86 bits per heavy atom. The van der Waals surface area contributed by atoms with Crippen LogP contribution in [0.3, 0.4) is 0 Å². The zero-order valence-electron chi connectivity index (χ0n) is 16.0. The number of carbonyl (C=O) groups excluding carboxylic acids is 2. The summed E-state index contributed by atoms with van der Waals surface area (Å²) in [6.07, 6.45) is 8.98. The molecular formula is C21H27NO6. The van der Waals surface area contributed by atoms with E-state index in [9.17, 15) is 19.2 Å². The molecule has 2 N–H and O–H groups in total. The topological polar surface area (TPSA) is 112 Å². The van der Waals surface area contributed by atoms with Gasteiger partial charge in [-0.1, -0.05) is 44.9 Å². The van der Waals surface area contributed by atoms with Crippen LogP contribution in [0.25, 0.3) is 0 Å². The molecule has 0 spiro atoms. The van der Waals surface area contributed by atoms with Gasteiger partial charge in [0.2, 0.25) is 0 Å². The van der Waals surface area contributed by atoms with Gasteiger partial charge in [0.1, 0.15) is 0 Å². The Bertz CT molecular complexity index is 742. The highest BCUT2D eigenvalue weighted by Crippen LogP contribution is 2.24. The molecule has 1 aliphatic heterocycles. The standard InChI is InChI=1S/C21H27NO6/c23-18(24)10-8-6-4-2-1-3-5-7-9-13-22-19(25)16-12-11-15(21(27)28)14-17(16)20(22)26/h11-12,14H,1-10,13H2,(H,23,24)(H,27,28). The van der Waals surface area contributed by atoms with Crippen molar-refractivity contribution in [3.63, 3.8) is 0 Å². The van der Waals surface area contributed by atoms with Gasteiger partial charge in [0.25, 0.3) is 11.8 Å². The monoisotopic (exact) mass is 389 g/mol. The van der Waals surface area contributed by atoms with Gasteiger partial charge in [-0.15, -0.1) is 0 Å². The predicted octanol–water partition coefficient (Wildman–Crippen LogP) is 3.97. The van der Waals surface area contributed by atoms with Gasteiger partial charge in [0.15, 0.2) is 0 Å². The molecule has 2 rings (SSSR count). The van der Waals surface area contributed by atoms with E-state index in [1.54, 1.807) is 0 Å². The molecule has 2 amide bonds. The van der Waals surface area contributed by atoms with Crippen molar-refractivity contribution < 1.29 is 29.4 Å². The van der Waals surface area contributed by atoms with Crippen molar-refractivity contribution in [3.05, 3.63) is 34.9 Å². The molecule has 0 bridgehead atoms. The summed E-state index contributed by atoms with van der Waals surface area (Å²) in [6, 6.07) is 4.03. The van der Waals surface area contributed by atoms with Crippen LogP contribution >= 0.6 is 0 Å². The van der Waals surface area contributed by atoms with Gasteiger partial charge in [0.05, 0.1) is 16.7 Å². The highest BCUT2D eigenvalue weighted by atomic mass is 16.4. The van der Waals surface area contributed by atoms with E-state index in [4.69, 9.17) is 10.2 Å². The third kappa shape index (κ3) is 5.90. The molecule has 0 fully saturated rings. The van der Waals surface area contributed by atoms with Crippen LogP contribution in [0, 0.1) is 0 Å². The van der Waals surface area contributed by atoms with Crippen LogP contribution in [0.2, 0.25) is 0 Å². The predicted molar refractivity (Wildman–Crippen MR) is 103 cm³/mol. The first kappa shape index (κ1) is 21.6. The van der Waals surface area contributed by atoms with Gasteiger partial charge in [-0.05, 0) is 31.0 Å². The Kier molecular flexibility index (Phi) is 8.17. The maximum atomic E-state index is 12.4. The fourth-order valence-corrected chi connectivity index (χ4v) is 3.41. The lowest BCUT2D eigenvalue weighted by molar-refractivity contribution is -0.137. The van der Waals surface area contributed by atoms with Gasteiger partial charge in [-0.25, -0.2) is 4.79 Å². The lowest BCUT2D eigenvalue weighted by atomic mass is 10.1. The van der Waals surface area contributed by atoms with Crippen molar-refractivity contribution in [2.24, 2.45) is 0 Å². The summed E-state index contributed by atoms with van der Waals surface area (Å²) >= 11 is 0. The number of carboxylic acid groups (broad SMARTS) is 2. The van der Waals surface area contributed by atoms with Crippen LogP contribution in [0.4, 0.5) is 0 Å². The number of imide groups is 1. The van der Waals surface area contributed by atoms with Gasteiger partial charge < -0.3 is 10.2 Å². The molecule has 1 heterocycles. The molecule has 0 saturated heterocycles. The highest BCUT2D eigenvalue weighted by molar-refractivity contribution is 6.21. The zero-order chi connectivity index (χ0) is 20.5. The van der Waals surface area contributed by atoms with E-state index >= 15 is 0 Å². The zero-order valence-corrected chi connectivity index (χ0v) is 16.0. The smallest absolute Gasteiger partial charge is 0.335 e. The molecule has 0 unspecified atom stereocenters. The normalized spacial score (nSPS) is 13.1. The maximum Gasteiger partial charge on any atom is 0.335 e. The fraction of sp³-hybridized carbons (Fsp3) is 0.524. The number of hydrogen-bond donors (Lipinski definition) is 2. The Balaban J connectivity index is 1.62. The van der Waals surface area contributed by atoms with E-state index < -0.39 is 17.8 Å². The minimum Gasteiger partial charge on any atom is -0.481 e. The number of aliphatic carboxylic acids is 1. The average molecular weight is 389 g/mol. The van der Waals surface area contributed by atoms with E-state index in [1.807, 2.05) is 0 Å². The number of hydrogen-bond acceptors (Lipinski definition) is 4. The Labute approximate surface area is 164 Å². The molecule has 1 aromatic rings. The van der Waals surface area contributed by atoms with Crippen molar-refractivity contribution in [2.75, 3.05) is 6.54 Å². The van der Waals surface area contributed by atoms with Gasteiger partial charge >= 0.3 is 11.9 Å². The van der Waals surface area contributed by atoms with Crippen LogP contribution in [-0.4, -0.2) is 45.4 Å². The van der Waals surface area contributed by atoms with Gasteiger partial charge in [0, 0.05) is 13.0 Å². The second kappa shape index (κ2) is 10.6. The van der Waals surface area contributed by atoms with Gasteiger partial charge in [-0.3, -0.25) is 19.3 Å². The van der Waals surface area contributed by atoms with Crippen LogP contribution in [0.1, 0.15) is 95.3 Å². The minimum atomic E-state index is -1.12. The Morgan fingerprint density at radius 1 is 0.750 bits per heavy atom. The van der Waals surface area contributed by atoms with Crippen molar-refractivity contribution in [1.29, 1.82) is 0 Å². The minimum absolute atomic E-state index is 0.00436. The molecule has 7 heteroatoms. The number of unbranched alkanes of at least 4 members (excludes halogenated alkanes) is 8. The molecule has 28 heavy (non-hydrogen) atoms. The number of carboxylic acids is 2. The van der Waals surface area contributed by atoms with Crippen molar-refractivity contribution in [2.45, 2.75) is 64.2 Å². The Hall–Kier alpha value is -2.70. The van der Waals surface area contributed by atoms with E-state index in [-0.39, 0.29) is 29.0 Å². The number of amides is 2. The number of fused-ring (bicyclic) bond motifs is 1. The molecule has 1 aliphatic rings. The number of rotatable bonds is 13. The summed E-state index contributed by atoms with van der Waals surface area (Å²) in [5.74, 6) is -2.62. The summed E-state index contributed by atoms with van der Waals surface area (Å²) in [5.41, 5.74) is 0.454. The molecular weight excluding hydrogens is 362 g/mol. The Morgan fingerprint density at radius 2 is 1.29 bits per heavy atom. The molecule has 0 radical (unpaired) electrons. The number of carbonyl (C=O) groups is 4. The quantitative estimate of drug-likeness (QED) is 0.390. The van der Waals surface area contributed by atoms with E-state index in [1.165, 1.54) is 23.1 Å². The molecule has 0 atom stereocenters. The fourth-order valence-electron chi connectivity index (χ4n) is 3.41. The summed E-state index contributed by atoms with van der Waals surface area (Å²) in [7, 11) is 0. The molecule has 7 nitrogen and oxygen atoms in total. The first-order valence-corrected chi connectivity index (χ1v) is 9.87. The molecule has 152 valence electrons. The van der Waals surface area contributed by atoms with Crippen molar-refractivity contribution >= 4 is 23.8 Å². The molecule has 0 saturated carbocycles. The van der Waals surface area contributed by atoms with Crippen LogP contribution in [0.15, 0.2) is 18.2 Å². The van der Waals surface area contributed by atoms with Crippen LogP contribution < -0.4 is 0 Å². The SMILES string of the molecule is O=C(O)CCCCCCCCCCCN1C(=O)c2ccc(C(=O)O)cc2C1=O. The summed E-state index contributed by atoms with van der Waals surface area (Å²) in [4.78, 5) is 47.4. The molecule has 1 aromatic carbocycles. The number of nitrogens with zero attached hydrogens (tertiary/aromatic N) is 1. The largest absolute Gasteiger partial charge is 0.481 e. The maximum absolute atomic E-state index is 12.4. The van der Waals surface area contributed by atoms with Gasteiger partial charge in [-0.2, -0.15) is 0 Å². The van der Waals surface area contributed by atoms with E-state index in [0.717, 1.165) is 57.8 Å². The van der Waals surface area contributed by atoms with Crippen molar-refractivity contribution in [1.82, 2.24) is 4.90 Å². The lowest BCUT2D eigenvalue weighted by Gasteiger charge is -2.13. The third-order valence-corrected chi connectivity index (χ3v) is 4.99. The average Bonchev–Trinajstić information content (AvgIpc) is 2.90. The summed E-state index contributed by atoms with van der Waals surface area (Å²) in [6.45, 7) is 0.351. The molecule has 0 aromatic heterocycles. The second-order valence-corrected chi connectivity index (χ2v) is 7.15. The summed E-state index contributed by atoms with van der Waals surface area (Å²) in [5, 5.41) is 17.6. The summed E-state index contributed by atoms with van der Waals surface area (Å²) < 4.78 is 0. The number of benzene rings is 1. The lowest BCUT2D eigenvalue weighted by Crippen LogP contribution is -2.30. The van der Waals surface area contributed by atoms with Crippen molar-refractivity contribution in [3.8, 4) is 0 Å². The first-order chi connectivity index (χ1) is 13.4. The van der Waals surface area contributed by atoms with Crippen LogP contribution in [-0.2, 0) is 4.79 Å². The highest BCUT2D eigenvalue weighted by Gasteiger charge is 2.35. The van der Waals surface area contributed by atoms with E-state index in [0.29, 0.717) is 6.54 Å². The second-order valence-electron chi connectivity index (χ2n) is 7.15. The number of aromatic carboxylic acids is 1.